The van der Waals surface area contributed by atoms with Gasteiger partial charge >= 0.3 is 6.03 Å². The van der Waals surface area contributed by atoms with Crippen molar-refractivity contribution in [3.8, 4) is 0 Å². The van der Waals surface area contributed by atoms with Crippen LogP contribution in [-0.4, -0.2) is 17.1 Å². The predicted molar refractivity (Wildman–Crippen MR) is 38.9 cm³/mol. The molecule has 0 aromatic rings. The highest BCUT2D eigenvalue weighted by Crippen LogP contribution is 1.94. The second kappa shape index (κ2) is 3.25. The Bertz CT molecular complexity index is 179. The summed E-state index contributed by atoms with van der Waals surface area (Å²) in [6, 6.07) is -0.105. The van der Waals surface area contributed by atoms with E-state index < -0.39 is 0 Å². The van der Waals surface area contributed by atoms with E-state index in [0.717, 1.165) is 0 Å². The molecule has 0 atom stereocenters. The Morgan fingerprint density at radius 1 is 1.73 bits per heavy atom. The molecular weight excluding hydrogens is 146 g/mol. The lowest BCUT2D eigenvalue weighted by Gasteiger charge is -2.14. The topological polar surface area (TPSA) is 53.6 Å². The van der Waals surface area contributed by atoms with E-state index in [1.54, 1.807) is 0 Å². The van der Waals surface area contributed by atoms with Crippen molar-refractivity contribution in [2.24, 2.45) is 0 Å². The van der Waals surface area contributed by atoms with E-state index in [4.69, 9.17) is 0 Å². The molecule has 1 aliphatic heterocycles. The van der Waals surface area contributed by atoms with E-state index in [1.165, 1.54) is 17.5 Å². The van der Waals surface area contributed by atoms with Crippen LogP contribution in [0.4, 0.5) is 4.79 Å². The fraction of sp³-hybridized carbons (Fsp3) is 0.500. The molecule has 1 heterocycles. The maximum Gasteiger partial charge on any atom is 0.338 e. The molecule has 0 bridgehead atoms. The van der Waals surface area contributed by atoms with Gasteiger partial charge in [0.2, 0.25) is 0 Å². The number of rotatable bonds is 1. The largest absolute Gasteiger partial charge is 0.395 e. The Morgan fingerprint density at radius 2 is 2.45 bits per heavy atom. The molecule has 11 heavy (non-hydrogen) atoms. The summed E-state index contributed by atoms with van der Waals surface area (Å²) in [5.74, 6) is 0. The first-order valence-electron chi connectivity index (χ1n) is 3.38. The van der Waals surface area contributed by atoms with Gasteiger partial charge in [-0.3, -0.25) is 0 Å². The molecule has 5 heteroatoms. The first-order valence-corrected chi connectivity index (χ1v) is 3.38. The smallest absolute Gasteiger partial charge is 0.338 e. The lowest BCUT2D eigenvalue weighted by molar-refractivity contribution is 0.0555. The molecule has 0 saturated heterocycles. The van der Waals surface area contributed by atoms with Gasteiger partial charge in [-0.15, -0.1) is 0 Å². The fourth-order valence-corrected chi connectivity index (χ4v) is 0.635. The van der Waals surface area contributed by atoms with E-state index >= 15 is 0 Å². The Hall–Kier alpha value is -1.23. The summed E-state index contributed by atoms with van der Waals surface area (Å²) in [5, 5.41) is 3.90. The van der Waals surface area contributed by atoms with Crippen molar-refractivity contribution in [2.75, 3.05) is 0 Å². The Balaban J connectivity index is 2.35. The molecule has 0 fully saturated rings. The Kier molecular flexibility index (Phi) is 2.32. The van der Waals surface area contributed by atoms with Crippen LogP contribution in [0.15, 0.2) is 12.5 Å². The molecule has 0 radical (unpaired) electrons. The molecule has 2 N–H and O–H groups in total. The average molecular weight is 157 g/mol. The summed E-state index contributed by atoms with van der Waals surface area (Å²) in [6.07, 6.45) is 2.89. The third kappa shape index (κ3) is 2.12. The lowest BCUT2D eigenvalue weighted by atomic mass is 10.4. The molecule has 2 amide bonds. The van der Waals surface area contributed by atoms with Crippen LogP contribution in [0.25, 0.3) is 0 Å². The minimum atomic E-state index is -0.228. The van der Waals surface area contributed by atoms with Crippen molar-refractivity contribution in [1.82, 2.24) is 15.9 Å². The highest BCUT2D eigenvalue weighted by Gasteiger charge is 2.14. The van der Waals surface area contributed by atoms with Crippen molar-refractivity contribution in [2.45, 2.75) is 19.9 Å². The van der Waals surface area contributed by atoms with Crippen LogP contribution >= 0.6 is 0 Å². The number of amides is 2. The van der Waals surface area contributed by atoms with Gasteiger partial charge in [-0.25, -0.2) is 4.79 Å². The number of nitrogens with zero attached hydrogens (tertiary/aromatic N) is 1. The van der Waals surface area contributed by atoms with Crippen molar-refractivity contribution in [3.63, 3.8) is 0 Å². The summed E-state index contributed by atoms with van der Waals surface area (Å²) in [4.78, 5) is 15.7. The summed E-state index contributed by atoms with van der Waals surface area (Å²) < 4.78 is 0. The van der Waals surface area contributed by atoms with Crippen molar-refractivity contribution >= 4 is 6.03 Å². The maximum atomic E-state index is 11.1. The number of urea groups is 1. The van der Waals surface area contributed by atoms with Crippen LogP contribution < -0.4 is 10.9 Å². The molecule has 5 nitrogen and oxygen atoms in total. The van der Waals surface area contributed by atoms with E-state index in [9.17, 15) is 4.79 Å². The lowest BCUT2D eigenvalue weighted by Crippen LogP contribution is -2.44. The second-order valence-corrected chi connectivity index (χ2v) is 2.47. The van der Waals surface area contributed by atoms with Gasteiger partial charge in [0.15, 0.2) is 0 Å². The Labute approximate surface area is 64.9 Å². The molecule has 0 aromatic carbocycles. The molecule has 0 saturated carbocycles. The zero-order valence-corrected chi connectivity index (χ0v) is 6.50. The van der Waals surface area contributed by atoms with Crippen molar-refractivity contribution in [1.29, 1.82) is 0 Å². The first-order chi connectivity index (χ1) is 5.20. The van der Waals surface area contributed by atoms with Gasteiger partial charge in [-0.2, -0.15) is 5.01 Å². The molecule has 1 aliphatic rings. The minimum Gasteiger partial charge on any atom is -0.395 e. The quantitative estimate of drug-likeness (QED) is 0.576. The molecule has 62 valence electrons. The minimum absolute atomic E-state index is 0.123. The average Bonchev–Trinajstić information content (AvgIpc) is 2.35. The zero-order chi connectivity index (χ0) is 8.27. The van der Waals surface area contributed by atoms with Crippen LogP contribution in [-0.2, 0) is 4.84 Å². The van der Waals surface area contributed by atoms with E-state index in [-0.39, 0.29) is 12.1 Å². The van der Waals surface area contributed by atoms with E-state index in [0.29, 0.717) is 0 Å². The number of nitrogens with one attached hydrogen (secondary N) is 2. The van der Waals surface area contributed by atoms with Crippen molar-refractivity contribution in [3.05, 3.63) is 12.5 Å². The fourth-order valence-electron chi connectivity index (χ4n) is 0.635. The van der Waals surface area contributed by atoms with Crippen LogP contribution in [0.2, 0.25) is 0 Å². The van der Waals surface area contributed by atoms with Crippen LogP contribution in [0, 0.1) is 0 Å². The normalized spacial score (nSPS) is 15.4. The molecule has 0 aromatic heterocycles. The second-order valence-electron chi connectivity index (χ2n) is 2.47. The van der Waals surface area contributed by atoms with Crippen LogP contribution in [0.5, 0.6) is 0 Å². The third-order valence-corrected chi connectivity index (χ3v) is 1.06. The van der Waals surface area contributed by atoms with Gasteiger partial charge in [0, 0.05) is 6.04 Å². The number of hydrazine groups is 1. The third-order valence-electron chi connectivity index (χ3n) is 1.06. The van der Waals surface area contributed by atoms with E-state index in [1.807, 2.05) is 13.8 Å². The summed E-state index contributed by atoms with van der Waals surface area (Å²) in [7, 11) is 0. The first kappa shape index (κ1) is 7.87. The molecule has 0 aliphatic carbocycles. The molecule has 0 spiro atoms. The molecule has 1 rings (SSSR count). The summed E-state index contributed by atoms with van der Waals surface area (Å²) in [5.41, 5.74) is 2.37. The zero-order valence-electron chi connectivity index (χ0n) is 6.50. The van der Waals surface area contributed by atoms with Gasteiger partial charge < -0.3 is 10.2 Å². The van der Waals surface area contributed by atoms with Crippen LogP contribution in [0.3, 0.4) is 0 Å². The van der Waals surface area contributed by atoms with Gasteiger partial charge in [0.25, 0.3) is 0 Å². The highest BCUT2D eigenvalue weighted by molar-refractivity contribution is 5.74. The van der Waals surface area contributed by atoms with Crippen LogP contribution in [0.1, 0.15) is 13.8 Å². The maximum absolute atomic E-state index is 11.1. The van der Waals surface area contributed by atoms with E-state index in [2.05, 4.69) is 15.7 Å². The van der Waals surface area contributed by atoms with Crippen molar-refractivity contribution < 1.29 is 9.63 Å². The summed E-state index contributed by atoms with van der Waals surface area (Å²) in [6.45, 7) is 3.77. The molecular formula is C6H11N3O2. The Morgan fingerprint density at radius 3 is 2.91 bits per heavy atom. The molecule has 0 unspecified atom stereocenters. The number of hydrogen-bond donors (Lipinski definition) is 2. The van der Waals surface area contributed by atoms with Gasteiger partial charge in [0.1, 0.15) is 6.26 Å². The van der Waals surface area contributed by atoms with Gasteiger partial charge in [-0.05, 0) is 13.8 Å². The summed E-state index contributed by atoms with van der Waals surface area (Å²) >= 11 is 0. The van der Waals surface area contributed by atoms with Gasteiger partial charge in [-0.1, -0.05) is 5.59 Å². The number of carbonyl (C=O) groups excluding carboxylic acids is 1. The monoisotopic (exact) mass is 157 g/mol. The predicted octanol–water partition coefficient (Wildman–Crippen LogP) is 0.327. The standard InChI is InChI=1S/C6H11N3O2/c1-5(2)7-6(10)9-3-4-11-8-9/h3-5,8H,1-2H3,(H,7,10). The SMILES string of the molecule is CC(C)NC(=O)N1C=CON1. The number of carbonyl (C=O) groups is 1. The number of hydrogen-bond acceptors (Lipinski definition) is 3. The highest BCUT2D eigenvalue weighted by atomic mass is 16.7. The van der Waals surface area contributed by atoms with Gasteiger partial charge in [0.05, 0.1) is 6.20 Å².